The van der Waals surface area contributed by atoms with E-state index in [1.165, 1.54) is 0 Å². The summed E-state index contributed by atoms with van der Waals surface area (Å²) in [5.41, 5.74) is 0.879. The van der Waals surface area contributed by atoms with Crippen molar-refractivity contribution in [2.24, 2.45) is 0 Å². The Kier molecular flexibility index (Phi) is 4.67. The smallest absolute Gasteiger partial charge is 0.304 e. The predicted octanol–water partition coefficient (Wildman–Crippen LogP) is 1.41. The van der Waals surface area contributed by atoms with Crippen molar-refractivity contribution >= 4 is 27.4 Å². The van der Waals surface area contributed by atoms with Crippen LogP contribution in [0.5, 0.6) is 0 Å². The molecule has 1 aromatic carbocycles. The number of benzene rings is 1. The van der Waals surface area contributed by atoms with Gasteiger partial charge in [0.25, 0.3) is 0 Å². The van der Waals surface area contributed by atoms with E-state index in [-0.39, 0.29) is 17.9 Å². The summed E-state index contributed by atoms with van der Waals surface area (Å²) in [5.74, 6) is -1.03. The molecular weight excluding hydrogens is 302 g/mol. The summed E-state index contributed by atoms with van der Waals surface area (Å²) in [7, 11) is -3.15. The summed E-state index contributed by atoms with van der Waals surface area (Å²) in [4.78, 5) is 12.8. The molecule has 0 spiro atoms. The number of nitrogens with zero attached hydrogens (tertiary/aromatic N) is 1. The van der Waals surface area contributed by atoms with Gasteiger partial charge in [-0.05, 0) is 11.6 Å². The van der Waals surface area contributed by atoms with E-state index >= 15 is 0 Å². The Morgan fingerprint density at radius 2 is 2.10 bits per heavy atom. The van der Waals surface area contributed by atoms with Crippen LogP contribution >= 0.6 is 11.6 Å². The van der Waals surface area contributed by atoms with Crippen molar-refractivity contribution in [2.45, 2.75) is 19.0 Å². The van der Waals surface area contributed by atoms with Crippen LogP contribution in [0.25, 0.3) is 0 Å². The van der Waals surface area contributed by atoms with Gasteiger partial charge in [-0.1, -0.05) is 29.8 Å². The zero-order valence-electron chi connectivity index (χ0n) is 10.8. The number of carboxylic acids is 1. The molecule has 1 saturated heterocycles. The van der Waals surface area contributed by atoms with E-state index in [4.69, 9.17) is 16.7 Å². The maximum Gasteiger partial charge on any atom is 0.304 e. The lowest BCUT2D eigenvalue weighted by atomic mass is 10.1. The predicted molar refractivity (Wildman–Crippen MR) is 76.6 cm³/mol. The fraction of sp³-hybridized carbons (Fsp3) is 0.462. The number of halogens is 1. The molecule has 20 heavy (non-hydrogen) atoms. The van der Waals surface area contributed by atoms with E-state index in [0.29, 0.717) is 18.1 Å². The number of rotatable bonds is 4. The van der Waals surface area contributed by atoms with Gasteiger partial charge in [-0.3, -0.25) is 9.69 Å². The van der Waals surface area contributed by atoms with Crippen LogP contribution in [0.2, 0.25) is 5.02 Å². The van der Waals surface area contributed by atoms with Crippen LogP contribution in [0.1, 0.15) is 12.0 Å². The van der Waals surface area contributed by atoms with E-state index < -0.39 is 21.8 Å². The van der Waals surface area contributed by atoms with E-state index in [9.17, 15) is 13.2 Å². The van der Waals surface area contributed by atoms with Crippen LogP contribution in [0, 0.1) is 0 Å². The second-order valence-corrected chi connectivity index (χ2v) is 7.56. The molecule has 0 aliphatic carbocycles. The van der Waals surface area contributed by atoms with Gasteiger partial charge in [-0.2, -0.15) is 0 Å². The number of aliphatic carboxylic acids is 1. The molecule has 1 heterocycles. The molecule has 0 bridgehead atoms. The largest absolute Gasteiger partial charge is 0.481 e. The Balaban J connectivity index is 2.16. The van der Waals surface area contributed by atoms with Gasteiger partial charge in [0.2, 0.25) is 0 Å². The van der Waals surface area contributed by atoms with Gasteiger partial charge in [0, 0.05) is 24.2 Å². The molecule has 1 fully saturated rings. The molecule has 2 rings (SSSR count). The van der Waals surface area contributed by atoms with Crippen LogP contribution in [0.3, 0.4) is 0 Å². The summed E-state index contributed by atoms with van der Waals surface area (Å²) in [5, 5.41) is 9.53. The highest BCUT2D eigenvalue weighted by atomic mass is 35.5. The second-order valence-electron chi connectivity index (χ2n) is 4.93. The molecule has 1 aliphatic heterocycles. The highest BCUT2D eigenvalue weighted by Crippen LogP contribution is 2.22. The maximum absolute atomic E-state index is 11.7. The van der Waals surface area contributed by atoms with Crippen LogP contribution in [0.4, 0.5) is 0 Å². The lowest BCUT2D eigenvalue weighted by Gasteiger charge is -2.34. The van der Waals surface area contributed by atoms with Crippen molar-refractivity contribution in [1.29, 1.82) is 0 Å². The number of carbonyl (C=O) groups is 1. The molecule has 1 atom stereocenters. The Morgan fingerprint density at radius 1 is 1.40 bits per heavy atom. The third-order valence-electron chi connectivity index (χ3n) is 3.39. The van der Waals surface area contributed by atoms with Crippen molar-refractivity contribution < 1.29 is 18.3 Å². The van der Waals surface area contributed by atoms with Gasteiger partial charge in [-0.15, -0.1) is 0 Å². The van der Waals surface area contributed by atoms with Crippen molar-refractivity contribution in [3.8, 4) is 0 Å². The zero-order chi connectivity index (χ0) is 14.8. The monoisotopic (exact) mass is 317 g/mol. The Hall–Kier alpha value is -1.11. The minimum Gasteiger partial charge on any atom is -0.481 e. The molecule has 0 amide bonds. The van der Waals surface area contributed by atoms with Gasteiger partial charge in [-0.25, -0.2) is 8.42 Å². The third-order valence-corrected chi connectivity index (χ3v) is 5.46. The summed E-state index contributed by atoms with van der Waals surface area (Å²) >= 11 is 6.09. The van der Waals surface area contributed by atoms with Crippen molar-refractivity contribution in [2.75, 3.05) is 18.1 Å². The fourth-order valence-corrected chi connectivity index (χ4v) is 4.15. The minimum atomic E-state index is -3.15. The molecule has 7 heteroatoms. The van der Waals surface area contributed by atoms with Gasteiger partial charge in [0.05, 0.1) is 17.9 Å². The lowest BCUT2D eigenvalue weighted by molar-refractivity contribution is -0.138. The molecule has 110 valence electrons. The van der Waals surface area contributed by atoms with Crippen LogP contribution in [-0.4, -0.2) is 48.5 Å². The average molecular weight is 318 g/mol. The van der Waals surface area contributed by atoms with E-state index in [2.05, 4.69) is 0 Å². The van der Waals surface area contributed by atoms with Gasteiger partial charge in [0.15, 0.2) is 9.84 Å². The first-order chi connectivity index (χ1) is 9.37. The first kappa shape index (κ1) is 15.3. The van der Waals surface area contributed by atoms with Gasteiger partial charge >= 0.3 is 5.97 Å². The fourth-order valence-electron chi connectivity index (χ4n) is 2.36. The molecule has 1 aromatic rings. The van der Waals surface area contributed by atoms with Crippen molar-refractivity contribution in [3.63, 3.8) is 0 Å². The Morgan fingerprint density at radius 3 is 2.75 bits per heavy atom. The first-order valence-corrected chi connectivity index (χ1v) is 8.47. The second kappa shape index (κ2) is 6.11. The first-order valence-electron chi connectivity index (χ1n) is 6.27. The zero-order valence-corrected chi connectivity index (χ0v) is 12.4. The molecule has 1 aliphatic rings. The number of carboxylic acid groups (broad SMARTS) is 1. The summed E-state index contributed by atoms with van der Waals surface area (Å²) < 4.78 is 23.3. The number of sulfone groups is 1. The molecule has 0 radical (unpaired) electrons. The Labute approximate surface area is 123 Å². The molecule has 1 N–H and O–H groups in total. The third kappa shape index (κ3) is 3.94. The lowest BCUT2D eigenvalue weighted by Crippen LogP contribution is -2.48. The minimum absolute atomic E-state index is 0.0631. The summed E-state index contributed by atoms with van der Waals surface area (Å²) in [6, 6.07) is 6.81. The van der Waals surface area contributed by atoms with Crippen LogP contribution < -0.4 is 0 Å². The highest BCUT2D eigenvalue weighted by molar-refractivity contribution is 7.91. The van der Waals surface area contributed by atoms with Crippen LogP contribution in [0.15, 0.2) is 24.3 Å². The summed E-state index contributed by atoms with van der Waals surface area (Å²) in [6.07, 6.45) is -0.177. The van der Waals surface area contributed by atoms with E-state index in [1.807, 2.05) is 23.1 Å². The Bertz CT molecular complexity index is 602. The van der Waals surface area contributed by atoms with Gasteiger partial charge < -0.3 is 5.11 Å². The topological polar surface area (TPSA) is 74.7 Å². The van der Waals surface area contributed by atoms with E-state index in [0.717, 1.165) is 5.56 Å². The van der Waals surface area contributed by atoms with Crippen molar-refractivity contribution in [3.05, 3.63) is 34.9 Å². The molecule has 5 nitrogen and oxygen atoms in total. The molecular formula is C13H16ClNO4S. The quantitative estimate of drug-likeness (QED) is 0.909. The molecule has 1 unspecified atom stereocenters. The molecule has 0 aromatic heterocycles. The highest BCUT2D eigenvalue weighted by Gasteiger charge is 2.32. The number of hydrogen-bond acceptors (Lipinski definition) is 4. The maximum atomic E-state index is 11.7. The van der Waals surface area contributed by atoms with Crippen LogP contribution in [-0.2, 0) is 21.2 Å². The average Bonchev–Trinajstić information content (AvgIpc) is 2.34. The van der Waals surface area contributed by atoms with Crippen molar-refractivity contribution in [1.82, 2.24) is 4.90 Å². The normalized spacial score (nSPS) is 22.6. The van der Waals surface area contributed by atoms with Gasteiger partial charge in [0.1, 0.15) is 0 Å². The molecule has 0 saturated carbocycles. The number of hydrogen-bond donors (Lipinski definition) is 1. The SMILES string of the molecule is O=C(O)CC1CS(=O)(=O)CCN1Cc1ccccc1Cl. The van der Waals surface area contributed by atoms with E-state index in [1.54, 1.807) is 6.07 Å². The summed E-state index contributed by atoms with van der Waals surface area (Å²) in [6.45, 7) is 0.804. The standard InChI is InChI=1S/C13H16ClNO4S/c14-12-4-2-1-3-10(12)8-15-5-6-20(18,19)9-11(15)7-13(16)17/h1-4,11H,5-9H2,(H,16,17).